The second kappa shape index (κ2) is 3.98. The van der Waals surface area contributed by atoms with Gasteiger partial charge in [-0.1, -0.05) is 6.07 Å². The molecule has 0 spiro atoms. The van der Waals surface area contributed by atoms with Crippen molar-refractivity contribution in [3.63, 3.8) is 0 Å². The number of ether oxygens (including phenoxy) is 1. The molecule has 0 saturated heterocycles. The molecule has 0 radical (unpaired) electrons. The molecular formula is C14H17NO4. The van der Waals surface area contributed by atoms with Crippen LogP contribution in [-0.2, 0) is 15.0 Å². The van der Waals surface area contributed by atoms with E-state index in [-0.39, 0.29) is 5.91 Å². The summed E-state index contributed by atoms with van der Waals surface area (Å²) in [6.07, 6.45) is 0. The zero-order valence-electron chi connectivity index (χ0n) is 11.4. The van der Waals surface area contributed by atoms with Gasteiger partial charge in [-0.05, 0) is 45.4 Å². The van der Waals surface area contributed by atoms with Gasteiger partial charge in [0, 0.05) is 0 Å². The minimum Gasteiger partial charge on any atom is -0.481 e. The van der Waals surface area contributed by atoms with Crippen LogP contribution in [0.4, 0.5) is 5.69 Å². The van der Waals surface area contributed by atoms with Crippen LogP contribution in [-0.4, -0.2) is 22.6 Å². The Bertz CT molecular complexity index is 561. The number of anilines is 1. The molecule has 0 saturated carbocycles. The molecule has 19 heavy (non-hydrogen) atoms. The molecule has 1 aromatic rings. The highest BCUT2D eigenvalue weighted by atomic mass is 16.5. The van der Waals surface area contributed by atoms with Gasteiger partial charge in [-0.25, -0.2) is 0 Å². The molecule has 5 heteroatoms. The first-order valence-electron chi connectivity index (χ1n) is 6.03. The normalized spacial score (nSPS) is 17.2. The van der Waals surface area contributed by atoms with E-state index in [1.165, 1.54) is 0 Å². The van der Waals surface area contributed by atoms with E-state index in [9.17, 15) is 14.7 Å². The number of nitrogens with one attached hydrogen (secondary N) is 1. The highest BCUT2D eigenvalue weighted by molar-refractivity contribution is 6.00. The van der Waals surface area contributed by atoms with E-state index in [1.807, 2.05) is 0 Å². The average Bonchev–Trinajstić information content (AvgIpc) is 2.29. The van der Waals surface area contributed by atoms with Crippen molar-refractivity contribution in [2.45, 2.75) is 38.7 Å². The van der Waals surface area contributed by atoms with Crippen molar-refractivity contribution in [2.24, 2.45) is 0 Å². The molecule has 0 bridgehead atoms. The highest BCUT2D eigenvalue weighted by Crippen LogP contribution is 2.37. The van der Waals surface area contributed by atoms with Crippen molar-refractivity contribution >= 4 is 17.6 Å². The maximum Gasteiger partial charge on any atom is 0.313 e. The molecule has 0 unspecified atom stereocenters. The molecule has 0 fully saturated rings. The molecule has 5 nitrogen and oxygen atoms in total. The lowest BCUT2D eigenvalue weighted by Gasteiger charge is -2.32. The van der Waals surface area contributed by atoms with Gasteiger partial charge in [0.05, 0.1) is 11.1 Å². The number of carboxylic acid groups (broad SMARTS) is 1. The molecule has 1 aliphatic rings. The lowest BCUT2D eigenvalue weighted by Crippen LogP contribution is -2.45. The molecule has 1 amide bonds. The Balaban J connectivity index is 2.46. The Kier molecular flexibility index (Phi) is 2.81. The second-order valence-corrected chi connectivity index (χ2v) is 5.71. The van der Waals surface area contributed by atoms with Crippen LogP contribution in [0.15, 0.2) is 18.2 Å². The van der Waals surface area contributed by atoms with Crippen LogP contribution in [0.1, 0.15) is 33.3 Å². The zero-order valence-corrected chi connectivity index (χ0v) is 11.4. The van der Waals surface area contributed by atoms with E-state index in [0.29, 0.717) is 17.0 Å². The van der Waals surface area contributed by atoms with E-state index in [2.05, 4.69) is 5.32 Å². The summed E-state index contributed by atoms with van der Waals surface area (Å²) in [4.78, 5) is 23.0. The molecule has 1 heterocycles. The fourth-order valence-electron chi connectivity index (χ4n) is 1.82. The zero-order chi connectivity index (χ0) is 14.4. The number of hydrogen-bond donors (Lipinski definition) is 2. The van der Waals surface area contributed by atoms with Crippen LogP contribution < -0.4 is 10.1 Å². The third-order valence-corrected chi connectivity index (χ3v) is 3.40. The Morgan fingerprint density at radius 1 is 1.37 bits per heavy atom. The summed E-state index contributed by atoms with van der Waals surface area (Å²) in [5.74, 6) is -0.631. The number of benzene rings is 1. The Morgan fingerprint density at radius 3 is 2.58 bits per heavy atom. The molecule has 102 valence electrons. The minimum absolute atomic E-state index is 0.217. The van der Waals surface area contributed by atoms with Crippen LogP contribution in [0.3, 0.4) is 0 Å². The number of carbonyl (C=O) groups is 2. The number of hydrogen-bond acceptors (Lipinski definition) is 3. The lowest BCUT2D eigenvalue weighted by atomic mass is 9.84. The van der Waals surface area contributed by atoms with Crippen LogP contribution in [0, 0.1) is 0 Å². The molecule has 1 aromatic carbocycles. The third kappa shape index (κ3) is 2.16. The van der Waals surface area contributed by atoms with Crippen molar-refractivity contribution in [1.29, 1.82) is 0 Å². The summed E-state index contributed by atoms with van der Waals surface area (Å²) >= 11 is 0. The fourth-order valence-corrected chi connectivity index (χ4v) is 1.82. The standard InChI is InChI=1S/C14H17NO4/c1-13(2,12(17)18)8-5-6-9-10(7-8)19-14(3,4)11(16)15-9/h5-7H,1-4H3,(H,15,16)(H,17,18). The largest absolute Gasteiger partial charge is 0.481 e. The first-order valence-corrected chi connectivity index (χ1v) is 6.03. The van der Waals surface area contributed by atoms with Gasteiger partial charge in [0.15, 0.2) is 5.60 Å². The van der Waals surface area contributed by atoms with Crippen molar-refractivity contribution in [3.8, 4) is 5.75 Å². The number of amides is 1. The number of rotatable bonds is 2. The van der Waals surface area contributed by atoms with Gasteiger partial charge in [0.1, 0.15) is 5.75 Å². The van der Waals surface area contributed by atoms with Crippen LogP contribution in [0.2, 0.25) is 0 Å². The predicted octanol–water partition coefficient (Wildman–Crippen LogP) is 2.16. The molecule has 2 rings (SSSR count). The van der Waals surface area contributed by atoms with Gasteiger partial charge < -0.3 is 15.2 Å². The van der Waals surface area contributed by atoms with Gasteiger partial charge >= 0.3 is 5.97 Å². The van der Waals surface area contributed by atoms with Gasteiger partial charge in [-0.2, -0.15) is 0 Å². The lowest BCUT2D eigenvalue weighted by molar-refractivity contribution is -0.142. The van der Waals surface area contributed by atoms with Crippen molar-refractivity contribution in [1.82, 2.24) is 0 Å². The maximum absolute atomic E-state index is 11.7. The van der Waals surface area contributed by atoms with Gasteiger partial charge in [0.25, 0.3) is 5.91 Å². The fraction of sp³-hybridized carbons (Fsp3) is 0.429. The topological polar surface area (TPSA) is 75.6 Å². The monoisotopic (exact) mass is 263 g/mol. The predicted molar refractivity (Wildman–Crippen MR) is 70.4 cm³/mol. The highest BCUT2D eigenvalue weighted by Gasteiger charge is 2.37. The van der Waals surface area contributed by atoms with Gasteiger partial charge in [-0.15, -0.1) is 0 Å². The van der Waals surface area contributed by atoms with E-state index in [4.69, 9.17) is 4.74 Å². The summed E-state index contributed by atoms with van der Waals surface area (Å²) in [5.41, 5.74) is -0.775. The quantitative estimate of drug-likeness (QED) is 0.857. The number of carbonyl (C=O) groups excluding carboxylic acids is 1. The molecule has 0 atom stereocenters. The van der Waals surface area contributed by atoms with E-state index < -0.39 is 17.0 Å². The van der Waals surface area contributed by atoms with Crippen molar-refractivity contribution < 1.29 is 19.4 Å². The van der Waals surface area contributed by atoms with E-state index >= 15 is 0 Å². The number of fused-ring (bicyclic) bond motifs is 1. The molecule has 2 N–H and O–H groups in total. The first kappa shape index (κ1) is 13.4. The number of aliphatic carboxylic acids is 1. The van der Waals surface area contributed by atoms with E-state index in [1.54, 1.807) is 45.9 Å². The third-order valence-electron chi connectivity index (χ3n) is 3.40. The van der Waals surface area contributed by atoms with Gasteiger partial charge in [0.2, 0.25) is 0 Å². The second-order valence-electron chi connectivity index (χ2n) is 5.71. The van der Waals surface area contributed by atoms with Crippen molar-refractivity contribution in [2.75, 3.05) is 5.32 Å². The van der Waals surface area contributed by atoms with E-state index in [0.717, 1.165) is 0 Å². The summed E-state index contributed by atoms with van der Waals surface area (Å²) in [6, 6.07) is 5.03. The first-order chi connectivity index (χ1) is 8.64. The number of carboxylic acids is 1. The van der Waals surface area contributed by atoms with Crippen LogP contribution in [0.5, 0.6) is 5.75 Å². The van der Waals surface area contributed by atoms with Crippen molar-refractivity contribution in [3.05, 3.63) is 23.8 Å². The molecule has 0 aliphatic carbocycles. The molecule has 1 aliphatic heterocycles. The summed E-state index contributed by atoms with van der Waals surface area (Å²) in [6.45, 7) is 6.59. The Hall–Kier alpha value is -2.04. The van der Waals surface area contributed by atoms with Crippen LogP contribution >= 0.6 is 0 Å². The molecular weight excluding hydrogens is 246 g/mol. The SMILES string of the molecule is CC1(C)Oc2cc(C(C)(C)C(=O)O)ccc2NC1=O. The summed E-state index contributed by atoms with van der Waals surface area (Å²) in [5, 5.41) is 12.0. The van der Waals surface area contributed by atoms with Gasteiger partial charge in [-0.3, -0.25) is 9.59 Å². The summed E-state index contributed by atoms with van der Waals surface area (Å²) in [7, 11) is 0. The average molecular weight is 263 g/mol. The summed E-state index contributed by atoms with van der Waals surface area (Å²) < 4.78 is 5.64. The molecule has 0 aromatic heterocycles. The smallest absolute Gasteiger partial charge is 0.313 e. The maximum atomic E-state index is 11.7. The Labute approximate surface area is 111 Å². The van der Waals surface area contributed by atoms with Crippen LogP contribution in [0.25, 0.3) is 0 Å². The minimum atomic E-state index is -1.01. The Morgan fingerprint density at radius 2 is 2.00 bits per heavy atom.